The minimum atomic E-state index is -0.00789. The van der Waals surface area contributed by atoms with Crippen LogP contribution in [-0.4, -0.2) is 7.28 Å². The molecule has 1 radical (unpaired) electrons. The number of hydrogen-bond donors (Lipinski definition) is 0. The third-order valence-corrected chi connectivity index (χ3v) is 4.99. The molecule has 25 heavy (non-hydrogen) atoms. The van der Waals surface area contributed by atoms with Crippen molar-refractivity contribution in [3.63, 3.8) is 0 Å². The summed E-state index contributed by atoms with van der Waals surface area (Å²) in [5.41, 5.74) is 4.21. The van der Waals surface area contributed by atoms with Gasteiger partial charge in [-0.1, -0.05) is 111 Å². The minimum absolute atomic E-state index is 0.00789. The van der Waals surface area contributed by atoms with Crippen LogP contribution in [-0.2, 0) is 11.7 Å². The van der Waals surface area contributed by atoms with Crippen molar-refractivity contribution in [1.29, 1.82) is 0 Å². The predicted octanol–water partition coefficient (Wildman–Crippen LogP) is 6.10. The number of hydrogen-bond acceptors (Lipinski definition) is 0. The zero-order valence-corrected chi connectivity index (χ0v) is 15.1. The van der Waals surface area contributed by atoms with Gasteiger partial charge in [-0.2, -0.15) is 0 Å². The highest BCUT2D eigenvalue weighted by atomic mass is 14.3. The van der Waals surface area contributed by atoms with Crippen LogP contribution in [0.2, 0.25) is 6.32 Å². The maximum Gasteiger partial charge on any atom is 0.130 e. The van der Waals surface area contributed by atoms with E-state index in [0.717, 1.165) is 25.6 Å². The fraction of sp³-hybridized carbons (Fsp3) is 0.250. The van der Waals surface area contributed by atoms with Crippen molar-refractivity contribution in [3.05, 3.63) is 108 Å². The zero-order valence-electron chi connectivity index (χ0n) is 15.1. The molecule has 0 saturated heterocycles. The summed E-state index contributed by atoms with van der Waals surface area (Å²) in [5, 5.41) is -0.00789. The van der Waals surface area contributed by atoms with Gasteiger partial charge < -0.3 is 0 Å². The van der Waals surface area contributed by atoms with E-state index in [1.165, 1.54) is 16.7 Å². The van der Waals surface area contributed by atoms with Crippen LogP contribution in [0.4, 0.5) is 0 Å². The Hall–Kier alpha value is -2.28. The molecule has 0 bridgehead atoms. The first-order chi connectivity index (χ1) is 12.3. The molecule has 3 aromatic rings. The van der Waals surface area contributed by atoms with E-state index >= 15 is 0 Å². The Kier molecular flexibility index (Phi) is 6.12. The van der Waals surface area contributed by atoms with Crippen molar-refractivity contribution in [1.82, 2.24) is 0 Å². The second-order valence-electron chi connectivity index (χ2n) is 6.68. The first-order valence-electron chi connectivity index (χ1n) is 9.34. The summed E-state index contributed by atoms with van der Waals surface area (Å²) in [4.78, 5) is 0. The third kappa shape index (κ3) is 4.23. The SMILES string of the molecule is CCCC([B]CCc1ccccc1)(c1ccccc1)c1ccccc1. The Morgan fingerprint density at radius 2 is 1.16 bits per heavy atom. The van der Waals surface area contributed by atoms with E-state index in [2.05, 4.69) is 105 Å². The molecule has 0 aliphatic heterocycles. The topological polar surface area (TPSA) is 0 Å². The van der Waals surface area contributed by atoms with E-state index in [0.29, 0.717) is 0 Å². The van der Waals surface area contributed by atoms with Crippen LogP contribution in [0.1, 0.15) is 36.5 Å². The molecular formula is C24H26B. The van der Waals surface area contributed by atoms with Gasteiger partial charge in [0.1, 0.15) is 7.28 Å². The lowest BCUT2D eigenvalue weighted by Gasteiger charge is -2.35. The van der Waals surface area contributed by atoms with E-state index in [9.17, 15) is 0 Å². The first-order valence-corrected chi connectivity index (χ1v) is 9.34. The number of rotatable bonds is 8. The first kappa shape index (κ1) is 17.5. The van der Waals surface area contributed by atoms with Crippen LogP contribution in [0.15, 0.2) is 91.0 Å². The molecule has 0 N–H and O–H groups in total. The van der Waals surface area contributed by atoms with Crippen molar-refractivity contribution < 1.29 is 0 Å². The summed E-state index contributed by atoms with van der Waals surface area (Å²) in [6.07, 6.45) is 4.46. The second kappa shape index (κ2) is 8.71. The lowest BCUT2D eigenvalue weighted by molar-refractivity contribution is 0.621. The van der Waals surface area contributed by atoms with Gasteiger partial charge in [0.25, 0.3) is 0 Å². The molecule has 0 amide bonds. The van der Waals surface area contributed by atoms with E-state index in [1.807, 2.05) is 0 Å². The molecule has 3 rings (SSSR count). The van der Waals surface area contributed by atoms with Gasteiger partial charge in [0.15, 0.2) is 0 Å². The molecule has 0 spiro atoms. The number of benzene rings is 3. The minimum Gasteiger partial charge on any atom is -0.0747 e. The molecule has 125 valence electrons. The summed E-state index contributed by atoms with van der Waals surface area (Å²) in [6.45, 7) is 2.28. The monoisotopic (exact) mass is 325 g/mol. The Morgan fingerprint density at radius 1 is 0.680 bits per heavy atom. The summed E-state index contributed by atoms with van der Waals surface area (Å²) in [6, 6.07) is 32.8. The summed E-state index contributed by atoms with van der Waals surface area (Å²) < 4.78 is 0. The maximum absolute atomic E-state index is 2.55. The Bertz CT molecular complexity index is 695. The molecule has 0 heterocycles. The Balaban J connectivity index is 1.90. The van der Waals surface area contributed by atoms with Gasteiger partial charge in [0.2, 0.25) is 0 Å². The average Bonchev–Trinajstić information content (AvgIpc) is 2.69. The molecule has 0 nitrogen and oxygen atoms in total. The molecule has 0 unspecified atom stereocenters. The van der Waals surface area contributed by atoms with Gasteiger partial charge >= 0.3 is 0 Å². The van der Waals surface area contributed by atoms with E-state index in [-0.39, 0.29) is 5.31 Å². The average molecular weight is 325 g/mol. The quantitative estimate of drug-likeness (QED) is 0.439. The van der Waals surface area contributed by atoms with Crippen LogP contribution < -0.4 is 0 Å². The second-order valence-corrected chi connectivity index (χ2v) is 6.68. The maximum atomic E-state index is 2.55. The highest BCUT2D eigenvalue weighted by molar-refractivity contribution is 6.41. The summed E-state index contributed by atoms with van der Waals surface area (Å²) in [7, 11) is 2.55. The molecule has 0 aromatic heterocycles. The van der Waals surface area contributed by atoms with Crippen LogP contribution >= 0.6 is 0 Å². The lowest BCUT2D eigenvalue weighted by Crippen LogP contribution is -2.35. The zero-order chi connectivity index (χ0) is 17.4. The predicted molar refractivity (Wildman–Crippen MR) is 109 cm³/mol. The molecule has 0 saturated carbocycles. The van der Waals surface area contributed by atoms with Crippen molar-refractivity contribution in [3.8, 4) is 0 Å². The van der Waals surface area contributed by atoms with E-state index in [1.54, 1.807) is 0 Å². The van der Waals surface area contributed by atoms with Gasteiger partial charge in [-0.3, -0.25) is 0 Å². The van der Waals surface area contributed by atoms with Crippen molar-refractivity contribution in [2.45, 2.75) is 37.8 Å². The fourth-order valence-corrected chi connectivity index (χ4v) is 3.79. The van der Waals surface area contributed by atoms with E-state index in [4.69, 9.17) is 0 Å². The smallest absolute Gasteiger partial charge is 0.0747 e. The molecule has 0 fully saturated rings. The van der Waals surface area contributed by atoms with Gasteiger partial charge in [0.05, 0.1) is 0 Å². The molecule has 1 heteroatoms. The van der Waals surface area contributed by atoms with Crippen molar-refractivity contribution in [2.24, 2.45) is 0 Å². The molecule has 0 aliphatic carbocycles. The van der Waals surface area contributed by atoms with Gasteiger partial charge in [-0.05, 0) is 34.8 Å². The van der Waals surface area contributed by atoms with Gasteiger partial charge in [-0.25, -0.2) is 0 Å². The summed E-state index contributed by atoms with van der Waals surface area (Å²) >= 11 is 0. The Labute approximate surface area is 153 Å². The summed E-state index contributed by atoms with van der Waals surface area (Å²) in [5.74, 6) is 0. The lowest BCUT2D eigenvalue weighted by atomic mass is 9.43. The molecule has 3 aromatic carbocycles. The molecular weight excluding hydrogens is 299 g/mol. The van der Waals surface area contributed by atoms with Crippen LogP contribution in [0.3, 0.4) is 0 Å². The van der Waals surface area contributed by atoms with E-state index < -0.39 is 0 Å². The number of aryl methyl sites for hydroxylation is 1. The van der Waals surface area contributed by atoms with Crippen LogP contribution in [0.5, 0.6) is 0 Å². The van der Waals surface area contributed by atoms with Crippen LogP contribution in [0, 0.1) is 0 Å². The molecule has 0 atom stereocenters. The van der Waals surface area contributed by atoms with Crippen LogP contribution in [0.25, 0.3) is 0 Å². The standard InChI is InChI=1S/C24H26B/c1-2-19-24(22-14-8-4-9-15-22,23-16-10-5-11-17-23)25-20-18-21-12-6-3-7-13-21/h3-17H,2,18-20H2,1H3. The van der Waals surface area contributed by atoms with Crippen molar-refractivity contribution >= 4 is 7.28 Å². The largest absolute Gasteiger partial charge is 0.130 e. The van der Waals surface area contributed by atoms with Gasteiger partial charge in [-0.15, -0.1) is 0 Å². The Morgan fingerprint density at radius 3 is 1.64 bits per heavy atom. The highest BCUT2D eigenvalue weighted by Gasteiger charge is 2.33. The highest BCUT2D eigenvalue weighted by Crippen LogP contribution is 2.36. The fourth-order valence-electron chi connectivity index (χ4n) is 3.79. The normalized spacial score (nSPS) is 11.2. The third-order valence-electron chi connectivity index (χ3n) is 4.99. The molecule has 0 aliphatic rings. The van der Waals surface area contributed by atoms with Gasteiger partial charge in [0, 0.05) is 0 Å². The van der Waals surface area contributed by atoms with Crippen molar-refractivity contribution in [2.75, 3.05) is 0 Å².